The summed E-state index contributed by atoms with van der Waals surface area (Å²) < 4.78 is 10.2. The Labute approximate surface area is 194 Å². The Kier molecular flexibility index (Phi) is 8.03. The minimum absolute atomic E-state index is 0.228. The Hall–Kier alpha value is -3.15. The van der Waals surface area contributed by atoms with Gasteiger partial charge in [-0.1, -0.05) is 23.7 Å². The molecule has 9 heteroatoms. The topological polar surface area (TPSA) is 105 Å². The summed E-state index contributed by atoms with van der Waals surface area (Å²) in [5.74, 6) is -2.00. The molecule has 1 aliphatic carbocycles. The maximum absolute atomic E-state index is 12.5. The van der Waals surface area contributed by atoms with E-state index in [0.717, 1.165) is 36.1 Å². The number of nitrogens with one attached hydrogen (secondary N) is 1. The van der Waals surface area contributed by atoms with Crippen molar-refractivity contribution in [2.45, 2.75) is 32.6 Å². The molecule has 0 aliphatic heterocycles. The number of hydrogen-bond acceptors (Lipinski definition) is 7. The highest BCUT2D eigenvalue weighted by atomic mass is 35.5. The van der Waals surface area contributed by atoms with Gasteiger partial charge < -0.3 is 14.8 Å². The minimum Gasteiger partial charge on any atom is -0.462 e. The average molecular weight is 473 g/mol. The van der Waals surface area contributed by atoms with Gasteiger partial charge in [-0.25, -0.2) is 9.59 Å². The minimum atomic E-state index is -0.923. The zero-order valence-corrected chi connectivity index (χ0v) is 19.0. The first-order valence-electron chi connectivity index (χ1n) is 10.1. The van der Waals surface area contributed by atoms with E-state index in [4.69, 9.17) is 21.1 Å². The standard InChI is InChI=1S/C23H21ClN2O5S/c1-2-30-23(29)20-17-5-3-4-6-18(17)32-21(20)26-19(27)13-31-22(28)15(12-25)11-14-7-9-16(24)10-8-14/h7-11H,2-6,13H2,1H3,(H,26,27)/b15-11+. The summed E-state index contributed by atoms with van der Waals surface area (Å²) in [7, 11) is 0. The zero-order chi connectivity index (χ0) is 23.1. The molecular formula is C23H21ClN2O5S. The number of aryl methyl sites for hydroxylation is 1. The van der Waals surface area contributed by atoms with Crippen molar-refractivity contribution in [3.63, 3.8) is 0 Å². The lowest BCUT2D eigenvalue weighted by Crippen LogP contribution is -2.22. The molecule has 0 spiro atoms. The number of halogens is 1. The van der Waals surface area contributed by atoms with E-state index in [9.17, 15) is 19.6 Å². The summed E-state index contributed by atoms with van der Waals surface area (Å²) in [6.07, 6.45) is 4.95. The molecule has 2 aromatic rings. The van der Waals surface area contributed by atoms with Crippen LogP contribution in [-0.4, -0.2) is 31.1 Å². The summed E-state index contributed by atoms with van der Waals surface area (Å²) in [6.45, 7) is 1.35. The number of benzene rings is 1. The van der Waals surface area contributed by atoms with Gasteiger partial charge in [-0.2, -0.15) is 5.26 Å². The quantitative estimate of drug-likeness (QED) is 0.360. The Morgan fingerprint density at radius 3 is 2.59 bits per heavy atom. The molecule has 1 aromatic carbocycles. The SMILES string of the molecule is CCOC(=O)c1c(NC(=O)COC(=O)/C(C#N)=C/c2ccc(Cl)cc2)sc2c1CCCC2. The number of esters is 2. The molecule has 32 heavy (non-hydrogen) atoms. The predicted molar refractivity (Wildman–Crippen MR) is 122 cm³/mol. The number of nitrogens with zero attached hydrogens (tertiary/aromatic N) is 1. The van der Waals surface area contributed by atoms with Crippen molar-refractivity contribution in [3.05, 3.63) is 56.4 Å². The Morgan fingerprint density at radius 2 is 1.91 bits per heavy atom. The van der Waals surface area contributed by atoms with E-state index in [2.05, 4.69) is 5.32 Å². The van der Waals surface area contributed by atoms with Crippen molar-refractivity contribution in [1.82, 2.24) is 0 Å². The lowest BCUT2D eigenvalue weighted by atomic mass is 9.95. The van der Waals surface area contributed by atoms with Crippen LogP contribution in [0.2, 0.25) is 5.02 Å². The normalized spacial score (nSPS) is 13.0. The van der Waals surface area contributed by atoms with E-state index in [1.165, 1.54) is 17.4 Å². The lowest BCUT2D eigenvalue weighted by molar-refractivity contribution is -0.142. The Bertz CT molecular complexity index is 1100. The number of anilines is 1. The molecule has 0 saturated carbocycles. The monoisotopic (exact) mass is 472 g/mol. The summed E-state index contributed by atoms with van der Waals surface area (Å²) >= 11 is 7.17. The second kappa shape index (κ2) is 10.9. The number of thiophene rings is 1. The molecule has 1 N–H and O–H groups in total. The molecule has 1 heterocycles. The molecule has 0 saturated heterocycles. The molecule has 1 aliphatic rings. The number of rotatable bonds is 7. The highest BCUT2D eigenvalue weighted by Gasteiger charge is 2.27. The van der Waals surface area contributed by atoms with E-state index < -0.39 is 24.5 Å². The molecule has 0 atom stereocenters. The van der Waals surface area contributed by atoms with E-state index >= 15 is 0 Å². The third kappa shape index (κ3) is 5.75. The Balaban J connectivity index is 1.67. The van der Waals surface area contributed by atoms with Crippen LogP contribution >= 0.6 is 22.9 Å². The first kappa shape index (κ1) is 23.5. The lowest BCUT2D eigenvalue weighted by Gasteiger charge is -2.12. The van der Waals surface area contributed by atoms with Crippen LogP contribution in [0.3, 0.4) is 0 Å². The van der Waals surface area contributed by atoms with Crippen molar-refractivity contribution in [1.29, 1.82) is 5.26 Å². The summed E-state index contributed by atoms with van der Waals surface area (Å²) in [4.78, 5) is 38.2. The van der Waals surface area contributed by atoms with Crippen molar-refractivity contribution in [3.8, 4) is 6.07 Å². The fourth-order valence-corrected chi connectivity index (χ4v) is 4.73. The number of hydrogen-bond donors (Lipinski definition) is 1. The van der Waals surface area contributed by atoms with Gasteiger partial charge in [-0.3, -0.25) is 4.79 Å². The van der Waals surface area contributed by atoms with Crippen molar-refractivity contribution >= 4 is 51.9 Å². The van der Waals surface area contributed by atoms with Crippen LogP contribution in [0.25, 0.3) is 6.08 Å². The highest BCUT2D eigenvalue weighted by molar-refractivity contribution is 7.17. The number of fused-ring (bicyclic) bond motifs is 1. The molecule has 0 fully saturated rings. The summed E-state index contributed by atoms with van der Waals surface area (Å²) in [5, 5.41) is 12.8. The van der Waals surface area contributed by atoms with Crippen LogP contribution in [-0.2, 0) is 31.9 Å². The third-order valence-corrected chi connectivity index (χ3v) is 6.22. The van der Waals surface area contributed by atoms with Crippen molar-refractivity contribution < 1.29 is 23.9 Å². The van der Waals surface area contributed by atoms with Gasteiger partial charge in [0.1, 0.15) is 16.6 Å². The summed E-state index contributed by atoms with van der Waals surface area (Å²) in [6, 6.07) is 8.32. The first-order chi connectivity index (χ1) is 15.4. The smallest absolute Gasteiger partial charge is 0.349 e. The third-order valence-electron chi connectivity index (χ3n) is 4.76. The van der Waals surface area contributed by atoms with Gasteiger partial charge in [0.25, 0.3) is 5.91 Å². The van der Waals surface area contributed by atoms with Crippen LogP contribution in [0.5, 0.6) is 0 Å². The maximum atomic E-state index is 12.5. The first-order valence-corrected chi connectivity index (χ1v) is 11.3. The van der Waals surface area contributed by atoms with Crippen LogP contribution < -0.4 is 5.32 Å². The van der Waals surface area contributed by atoms with Gasteiger partial charge in [0, 0.05) is 9.90 Å². The van der Waals surface area contributed by atoms with Crippen LogP contribution in [0.15, 0.2) is 29.8 Å². The largest absolute Gasteiger partial charge is 0.462 e. The van der Waals surface area contributed by atoms with Gasteiger partial charge in [0.2, 0.25) is 0 Å². The molecule has 0 radical (unpaired) electrons. The molecule has 3 rings (SSSR count). The predicted octanol–water partition coefficient (Wildman–Crippen LogP) is 4.55. The molecule has 0 bridgehead atoms. The summed E-state index contributed by atoms with van der Waals surface area (Å²) in [5.41, 5.74) is 1.64. The second-order valence-corrected chi connectivity index (χ2v) is 8.52. The van der Waals surface area contributed by atoms with Gasteiger partial charge in [-0.05, 0) is 61.9 Å². The van der Waals surface area contributed by atoms with Crippen LogP contribution in [0, 0.1) is 11.3 Å². The van der Waals surface area contributed by atoms with E-state index in [1.807, 2.05) is 0 Å². The molecule has 7 nitrogen and oxygen atoms in total. The molecular weight excluding hydrogens is 452 g/mol. The van der Waals surface area contributed by atoms with E-state index in [0.29, 0.717) is 21.2 Å². The van der Waals surface area contributed by atoms with E-state index in [-0.39, 0.29) is 12.2 Å². The molecule has 166 valence electrons. The van der Waals surface area contributed by atoms with Gasteiger partial charge >= 0.3 is 11.9 Å². The zero-order valence-electron chi connectivity index (χ0n) is 17.4. The van der Waals surface area contributed by atoms with Crippen LogP contribution in [0.1, 0.15) is 46.1 Å². The number of amides is 1. The van der Waals surface area contributed by atoms with Crippen LogP contribution in [0.4, 0.5) is 5.00 Å². The number of carbonyl (C=O) groups excluding carboxylic acids is 3. The number of carbonyl (C=O) groups is 3. The average Bonchev–Trinajstić information content (AvgIpc) is 3.15. The van der Waals surface area contributed by atoms with Crippen molar-refractivity contribution in [2.24, 2.45) is 0 Å². The Morgan fingerprint density at radius 1 is 1.19 bits per heavy atom. The number of nitriles is 1. The van der Waals surface area contributed by atoms with Gasteiger partial charge in [-0.15, -0.1) is 11.3 Å². The fourth-order valence-electron chi connectivity index (χ4n) is 3.31. The molecule has 1 aromatic heterocycles. The highest BCUT2D eigenvalue weighted by Crippen LogP contribution is 2.38. The second-order valence-electron chi connectivity index (χ2n) is 6.98. The van der Waals surface area contributed by atoms with E-state index in [1.54, 1.807) is 37.3 Å². The maximum Gasteiger partial charge on any atom is 0.349 e. The fraction of sp³-hybridized carbons (Fsp3) is 0.304. The number of ether oxygens (including phenoxy) is 2. The van der Waals surface area contributed by atoms with Gasteiger partial charge in [0.15, 0.2) is 6.61 Å². The molecule has 0 unspecified atom stereocenters. The van der Waals surface area contributed by atoms with Crippen molar-refractivity contribution in [2.75, 3.05) is 18.5 Å². The molecule has 1 amide bonds. The van der Waals surface area contributed by atoms with Gasteiger partial charge in [0.05, 0.1) is 12.2 Å².